The maximum absolute atomic E-state index is 5.88. The molecule has 0 aromatic heterocycles. The van der Waals surface area contributed by atoms with Gasteiger partial charge in [0, 0.05) is 35.8 Å². The molecule has 0 aliphatic rings. The Morgan fingerprint density at radius 1 is 0.353 bits per heavy atom. The van der Waals surface area contributed by atoms with Crippen molar-refractivity contribution in [2.24, 2.45) is 0 Å². The summed E-state index contributed by atoms with van der Waals surface area (Å²) in [5, 5.41) is 3.53. The topological polar surface area (TPSA) is 41.3 Å². The molecule has 0 radical (unpaired) electrons. The minimum Gasteiger partial charge on any atom is -0.399 e. The largest absolute Gasteiger partial charge is 0.399 e. The Kier molecular flexibility index (Phi) is 29.7. The molecule has 51 heavy (non-hydrogen) atoms. The summed E-state index contributed by atoms with van der Waals surface area (Å²) < 4.78 is 0. The fourth-order valence-corrected chi connectivity index (χ4v) is 7.56. The molecular weight excluding hydrogens is 619 g/mol. The van der Waals surface area contributed by atoms with Crippen LogP contribution in [0.5, 0.6) is 0 Å². The van der Waals surface area contributed by atoms with Gasteiger partial charge in [-0.05, 0) is 61.4 Å². The van der Waals surface area contributed by atoms with Gasteiger partial charge in [0.05, 0.1) is 0 Å². The van der Waals surface area contributed by atoms with E-state index in [9.17, 15) is 0 Å². The normalized spacial score (nSPS) is 11.3. The predicted octanol–water partition coefficient (Wildman–Crippen LogP) is 16.3. The van der Waals surface area contributed by atoms with Crippen molar-refractivity contribution < 1.29 is 0 Å². The lowest BCUT2D eigenvalue weighted by Crippen LogP contribution is -2.25. The standard InChI is InChI=1S/C48H85N3/c1-3-5-7-9-11-13-15-17-19-21-23-25-27-29-31-33-43-51(48-41-39-47(40-42-48)50-46-37-35-45(49)36-38-46)44-34-32-30-28-26-24-22-20-18-16-14-12-10-8-6-4-2/h35-42,50H,3-34,43-44,49H2,1-2H3. The average Bonchev–Trinajstić information content (AvgIpc) is 3.15. The van der Waals surface area contributed by atoms with Crippen molar-refractivity contribution in [2.45, 2.75) is 219 Å². The third-order valence-electron chi connectivity index (χ3n) is 11.0. The van der Waals surface area contributed by atoms with E-state index in [1.165, 1.54) is 224 Å². The summed E-state index contributed by atoms with van der Waals surface area (Å²) in [4.78, 5) is 2.67. The number of nitrogen functional groups attached to an aromatic ring is 1. The number of unbranched alkanes of at least 4 members (excludes halogenated alkanes) is 30. The van der Waals surface area contributed by atoms with E-state index in [-0.39, 0.29) is 0 Å². The van der Waals surface area contributed by atoms with Crippen LogP contribution in [0.2, 0.25) is 0 Å². The molecule has 0 spiro atoms. The minimum absolute atomic E-state index is 0.801. The summed E-state index contributed by atoms with van der Waals surface area (Å²) in [6.07, 6.45) is 45.6. The van der Waals surface area contributed by atoms with Crippen LogP contribution in [-0.2, 0) is 0 Å². The van der Waals surface area contributed by atoms with Gasteiger partial charge in [-0.3, -0.25) is 0 Å². The number of hydrogen-bond acceptors (Lipinski definition) is 3. The second-order valence-corrected chi connectivity index (χ2v) is 15.9. The first-order chi connectivity index (χ1) is 25.2. The second kappa shape index (κ2) is 33.7. The summed E-state index contributed by atoms with van der Waals surface area (Å²) in [5.41, 5.74) is 10.3. The van der Waals surface area contributed by atoms with Gasteiger partial charge in [0.1, 0.15) is 0 Å². The van der Waals surface area contributed by atoms with Gasteiger partial charge in [-0.2, -0.15) is 0 Å². The zero-order valence-electron chi connectivity index (χ0n) is 34.2. The average molecular weight is 704 g/mol. The van der Waals surface area contributed by atoms with Crippen LogP contribution in [-0.4, -0.2) is 13.1 Å². The van der Waals surface area contributed by atoms with E-state index < -0.39 is 0 Å². The van der Waals surface area contributed by atoms with Crippen LogP contribution in [0.15, 0.2) is 48.5 Å². The third-order valence-corrected chi connectivity index (χ3v) is 11.0. The first-order valence-electron chi connectivity index (χ1n) is 22.7. The van der Waals surface area contributed by atoms with E-state index >= 15 is 0 Å². The van der Waals surface area contributed by atoms with E-state index in [0.717, 1.165) is 17.1 Å². The molecule has 0 amide bonds. The van der Waals surface area contributed by atoms with Gasteiger partial charge in [-0.25, -0.2) is 0 Å². The van der Waals surface area contributed by atoms with E-state index in [4.69, 9.17) is 5.73 Å². The van der Waals surface area contributed by atoms with Crippen molar-refractivity contribution in [1.29, 1.82) is 0 Å². The number of nitrogens with two attached hydrogens (primary N) is 1. The molecule has 0 saturated carbocycles. The Bertz CT molecular complexity index is 949. The summed E-state index contributed by atoms with van der Waals surface area (Å²) in [6, 6.07) is 17.1. The number of rotatable bonds is 37. The fourth-order valence-electron chi connectivity index (χ4n) is 7.56. The lowest BCUT2D eigenvalue weighted by atomic mass is 10.0. The van der Waals surface area contributed by atoms with Crippen molar-refractivity contribution in [3.63, 3.8) is 0 Å². The lowest BCUT2D eigenvalue weighted by molar-refractivity contribution is 0.524. The number of anilines is 4. The maximum Gasteiger partial charge on any atom is 0.0385 e. The smallest absolute Gasteiger partial charge is 0.0385 e. The molecular formula is C48H85N3. The van der Waals surface area contributed by atoms with Crippen molar-refractivity contribution in [1.82, 2.24) is 0 Å². The highest BCUT2D eigenvalue weighted by Crippen LogP contribution is 2.24. The molecule has 2 aromatic rings. The van der Waals surface area contributed by atoms with Crippen molar-refractivity contribution in [2.75, 3.05) is 29.0 Å². The summed E-state index contributed by atoms with van der Waals surface area (Å²) >= 11 is 0. The molecule has 2 rings (SSSR count). The highest BCUT2D eigenvalue weighted by Gasteiger charge is 2.07. The van der Waals surface area contributed by atoms with Crippen molar-refractivity contribution in [3.05, 3.63) is 48.5 Å². The number of benzene rings is 2. The lowest BCUT2D eigenvalue weighted by Gasteiger charge is -2.25. The summed E-state index contributed by atoms with van der Waals surface area (Å²) in [5.74, 6) is 0. The van der Waals surface area contributed by atoms with E-state index in [1.54, 1.807) is 0 Å². The number of hydrogen-bond donors (Lipinski definition) is 2. The molecule has 0 aliphatic carbocycles. The Balaban J connectivity index is 1.59. The molecule has 0 bridgehead atoms. The predicted molar refractivity (Wildman–Crippen MR) is 232 cm³/mol. The molecule has 0 saturated heterocycles. The SMILES string of the molecule is CCCCCCCCCCCCCCCCCCN(CCCCCCCCCCCCCCCCCC)c1ccc(Nc2ccc(N)cc2)cc1. The van der Waals surface area contributed by atoms with Gasteiger partial charge in [0.15, 0.2) is 0 Å². The highest BCUT2D eigenvalue weighted by atomic mass is 15.1. The van der Waals surface area contributed by atoms with E-state index in [1.807, 2.05) is 24.3 Å². The molecule has 0 fully saturated rings. The molecule has 0 unspecified atom stereocenters. The zero-order chi connectivity index (χ0) is 36.3. The molecule has 292 valence electrons. The molecule has 3 heteroatoms. The monoisotopic (exact) mass is 704 g/mol. The molecule has 3 N–H and O–H groups in total. The van der Waals surface area contributed by atoms with E-state index in [0.29, 0.717) is 0 Å². The van der Waals surface area contributed by atoms with Crippen LogP contribution < -0.4 is 16.0 Å². The Morgan fingerprint density at radius 3 is 0.902 bits per heavy atom. The maximum atomic E-state index is 5.88. The van der Waals surface area contributed by atoms with Gasteiger partial charge in [0.2, 0.25) is 0 Å². The van der Waals surface area contributed by atoms with Crippen LogP contribution in [0, 0.1) is 0 Å². The highest BCUT2D eigenvalue weighted by molar-refractivity contribution is 5.64. The van der Waals surface area contributed by atoms with E-state index in [2.05, 4.69) is 48.3 Å². The first kappa shape index (κ1) is 45.0. The van der Waals surface area contributed by atoms with Crippen molar-refractivity contribution >= 4 is 22.7 Å². The minimum atomic E-state index is 0.801. The summed E-state index contributed by atoms with van der Waals surface area (Å²) in [7, 11) is 0. The fraction of sp³-hybridized carbons (Fsp3) is 0.750. The third kappa shape index (κ3) is 26.3. The van der Waals surface area contributed by atoms with Gasteiger partial charge in [-0.15, -0.1) is 0 Å². The summed E-state index contributed by atoms with van der Waals surface area (Å²) in [6.45, 7) is 6.98. The Labute approximate surface area is 318 Å². The first-order valence-corrected chi connectivity index (χ1v) is 22.7. The quantitative estimate of drug-likeness (QED) is 0.0544. The molecule has 2 aromatic carbocycles. The van der Waals surface area contributed by atoms with Crippen LogP contribution in [0.1, 0.15) is 219 Å². The van der Waals surface area contributed by atoms with Gasteiger partial charge in [-0.1, -0.05) is 206 Å². The van der Waals surface area contributed by atoms with Gasteiger partial charge < -0.3 is 16.0 Å². The molecule has 0 atom stereocenters. The van der Waals surface area contributed by atoms with Gasteiger partial charge in [0.25, 0.3) is 0 Å². The Hall–Kier alpha value is -2.16. The molecule has 3 nitrogen and oxygen atoms in total. The van der Waals surface area contributed by atoms with Crippen molar-refractivity contribution in [3.8, 4) is 0 Å². The number of nitrogens with one attached hydrogen (secondary N) is 1. The Morgan fingerprint density at radius 2 is 0.608 bits per heavy atom. The van der Waals surface area contributed by atoms with Crippen LogP contribution in [0.4, 0.5) is 22.7 Å². The van der Waals surface area contributed by atoms with Gasteiger partial charge >= 0.3 is 0 Å². The second-order valence-electron chi connectivity index (χ2n) is 15.9. The van der Waals surface area contributed by atoms with Crippen LogP contribution in [0.25, 0.3) is 0 Å². The van der Waals surface area contributed by atoms with Crippen LogP contribution in [0.3, 0.4) is 0 Å². The number of nitrogens with zero attached hydrogens (tertiary/aromatic N) is 1. The van der Waals surface area contributed by atoms with Crippen LogP contribution >= 0.6 is 0 Å². The molecule has 0 aliphatic heterocycles. The molecule has 0 heterocycles. The zero-order valence-corrected chi connectivity index (χ0v) is 34.2.